The predicted octanol–water partition coefficient (Wildman–Crippen LogP) is 10.4. The third-order valence-electron chi connectivity index (χ3n) is 8.24. The molecule has 0 N–H and O–H groups in total. The van der Waals surface area contributed by atoms with Gasteiger partial charge in [0.15, 0.2) is 17.5 Å². The van der Waals surface area contributed by atoms with Crippen molar-refractivity contribution in [2.45, 2.75) is 0 Å². The number of pyridine rings is 1. The van der Waals surface area contributed by atoms with Gasteiger partial charge in [-0.2, -0.15) is 0 Å². The Morgan fingerprint density at radius 2 is 0.717 bits per heavy atom. The van der Waals surface area contributed by atoms with Crippen molar-refractivity contribution in [1.82, 2.24) is 19.9 Å². The Balaban J connectivity index is 1.26. The fraction of sp³-hybridized carbons (Fsp3) is 0. The number of hydrogen-bond donors (Lipinski definition) is 0. The molecule has 6 aromatic carbocycles. The van der Waals surface area contributed by atoms with Crippen molar-refractivity contribution in [2.75, 3.05) is 0 Å². The summed E-state index contributed by atoms with van der Waals surface area (Å²) in [5.74, 6) is 1.91. The highest BCUT2D eigenvalue weighted by Crippen LogP contribution is 2.37. The average Bonchev–Trinajstić information content (AvgIpc) is 3.15. The van der Waals surface area contributed by atoms with Gasteiger partial charge in [-0.05, 0) is 68.4 Å². The van der Waals surface area contributed by atoms with Crippen LogP contribution >= 0.6 is 0 Å². The third-order valence-corrected chi connectivity index (χ3v) is 8.24. The molecule has 0 saturated heterocycles. The van der Waals surface area contributed by atoms with Crippen molar-refractivity contribution in [1.29, 1.82) is 0 Å². The van der Waals surface area contributed by atoms with E-state index in [-0.39, 0.29) is 0 Å². The third kappa shape index (κ3) is 5.33. The van der Waals surface area contributed by atoms with E-state index in [0.29, 0.717) is 17.5 Å². The molecule has 0 unspecified atom stereocenters. The van der Waals surface area contributed by atoms with E-state index in [1.165, 1.54) is 16.3 Å². The predicted molar refractivity (Wildman–Crippen MR) is 188 cm³/mol. The van der Waals surface area contributed by atoms with Crippen LogP contribution in [0.5, 0.6) is 0 Å². The van der Waals surface area contributed by atoms with Crippen molar-refractivity contribution >= 4 is 10.8 Å². The Morgan fingerprint density at radius 3 is 1.33 bits per heavy atom. The lowest BCUT2D eigenvalue weighted by Crippen LogP contribution is -2.00. The maximum Gasteiger partial charge on any atom is 0.164 e. The second-order valence-corrected chi connectivity index (χ2v) is 11.1. The van der Waals surface area contributed by atoms with Gasteiger partial charge < -0.3 is 0 Å². The maximum absolute atomic E-state index is 5.06. The lowest BCUT2D eigenvalue weighted by atomic mass is 9.92. The molecule has 0 aliphatic carbocycles. The number of benzene rings is 6. The highest BCUT2D eigenvalue weighted by molar-refractivity contribution is 6.05. The molecule has 0 aliphatic heterocycles. The molecule has 0 amide bonds. The summed E-state index contributed by atoms with van der Waals surface area (Å²) < 4.78 is 0. The fourth-order valence-corrected chi connectivity index (χ4v) is 5.98. The number of hydrogen-bond acceptors (Lipinski definition) is 4. The van der Waals surface area contributed by atoms with Crippen molar-refractivity contribution < 1.29 is 0 Å². The number of rotatable bonds is 6. The quantitative estimate of drug-likeness (QED) is 0.194. The summed E-state index contributed by atoms with van der Waals surface area (Å²) in [6.07, 6.45) is 3.68. The van der Waals surface area contributed by atoms with Crippen LogP contribution in [-0.4, -0.2) is 19.9 Å². The summed E-state index contributed by atoms with van der Waals surface area (Å²) in [6.45, 7) is 0. The molecular formula is C42H28N4. The van der Waals surface area contributed by atoms with E-state index >= 15 is 0 Å². The number of aromatic nitrogens is 4. The first kappa shape index (κ1) is 27.3. The Labute approximate surface area is 267 Å². The van der Waals surface area contributed by atoms with E-state index in [2.05, 4.69) is 126 Å². The molecule has 2 aromatic heterocycles. The van der Waals surface area contributed by atoms with Gasteiger partial charge in [0.2, 0.25) is 0 Å². The monoisotopic (exact) mass is 588 g/mol. The molecule has 0 atom stereocenters. The minimum Gasteiger partial charge on any atom is -0.265 e. The van der Waals surface area contributed by atoms with Gasteiger partial charge in [-0.15, -0.1) is 0 Å². The summed E-state index contributed by atoms with van der Waals surface area (Å²) in [5, 5.41) is 2.39. The second-order valence-electron chi connectivity index (χ2n) is 11.1. The molecular weight excluding hydrogens is 560 g/mol. The Bertz CT molecular complexity index is 2300. The van der Waals surface area contributed by atoms with Gasteiger partial charge in [0.1, 0.15) is 0 Å². The lowest BCUT2D eigenvalue weighted by molar-refractivity contribution is 1.07. The normalized spacial score (nSPS) is 11.0. The zero-order valence-electron chi connectivity index (χ0n) is 25.0. The first-order valence-electron chi connectivity index (χ1n) is 15.3. The first-order valence-corrected chi connectivity index (χ1v) is 15.3. The topological polar surface area (TPSA) is 51.6 Å². The van der Waals surface area contributed by atoms with Crippen molar-refractivity contribution in [3.63, 3.8) is 0 Å². The number of fused-ring (bicyclic) bond motifs is 1. The van der Waals surface area contributed by atoms with Crippen LogP contribution in [0.25, 0.3) is 78.3 Å². The van der Waals surface area contributed by atoms with Crippen LogP contribution in [0.2, 0.25) is 0 Å². The molecule has 8 aromatic rings. The van der Waals surface area contributed by atoms with E-state index in [4.69, 9.17) is 15.0 Å². The zero-order valence-corrected chi connectivity index (χ0v) is 25.0. The minimum atomic E-state index is 0.633. The molecule has 0 spiro atoms. The van der Waals surface area contributed by atoms with Crippen molar-refractivity contribution in [3.8, 4) is 67.5 Å². The minimum absolute atomic E-state index is 0.633. The molecule has 46 heavy (non-hydrogen) atoms. The van der Waals surface area contributed by atoms with Crippen LogP contribution in [-0.2, 0) is 0 Å². The van der Waals surface area contributed by atoms with Crippen molar-refractivity contribution in [3.05, 3.63) is 170 Å². The second kappa shape index (κ2) is 12.0. The van der Waals surface area contributed by atoms with Crippen LogP contribution < -0.4 is 0 Å². The van der Waals surface area contributed by atoms with Crippen LogP contribution in [0.3, 0.4) is 0 Å². The van der Waals surface area contributed by atoms with Crippen LogP contribution in [0.15, 0.2) is 170 Å². The molecule has 0 aliphatic rings. The van der Waals surface area contributed by atoms with Gasteiger partial charge in [0, 0.05) is 29.1 Å². The van der Waals surface area contributed by atoms with E-state index < -0.39 is 0 Å². The Kier molecular flexibility index (Phi) is 7.14. The van der Waals surface area contributed by atoms with Gasteiger partial charge in [-0.25, -0.2) is 15.0 Å². The average molecular weight is 589 g/mol. The van der Waals surface area contributed by atoms with Crippen LogP contribution in [0, 0.1) is 0 Å². The highest BCUT2D eigenvalue weighted by Gasteiger charge is 2.15. The first-order chi connectivity index (χ1) is 22.8. The zero-order chi connectivity index (χ0) is 30.7. The summed E-state index contributed by atoms with van der Waals surface area (Å²) in [7, 11) is 0. The SMILES string of the molecule is c1ccc(-c2cccc(-c3nc(-c4ccccc4)nc(-c4cccc(-c5ccc(-c6ccncc6)c6ccccc56)c4)n3)c2)cc1. The molecule has 216 valence electrons. The molecule has 4 heteroatoms. The summed E-state index contributed by atoms with van der Waals surface area (Å²) in [5.41, 5.74) is 9.67. The van der Waals surface area contributed by atoms with Gasteiger partial charge in [-0.3, -0.25) is 4.98 Å². The van der Waals surface area contributed by atoms with E-state index in [9.17, 15) is 0 Å². The molecule has 0 bridgehead atoms. The van der Waals surface area contributed by atoms with Gasteiger partial charge in [0.25, 0.3) is 0 Å². The fourth-order valence-electron chi connectivity index (χ4n) is 5.98. The molecule has 8 rings (SSSR count). The van der Waals surface area contributed by atoms with E-state index in [1.54, 1.807) is 0 Å². The smallest absolute Gasteiger partial charge is 0.164 e. The molecule has 2 heterocycles. The van der Waals surface area contributed by atoms with E-state index in [0.717, 1.165) is 44.5 Å². The van der Waals surface area contributed by atoms with Gasteiger partial charge in [-0.1, -0.05) is 133 Å². The van der Waals surface area contributed by atoms with Gasteiger partial charge in [0.05, 0.1) is 0 Å². The molecule has 4 nitrogen and oxygen atoms in total. The van der Waals surface area contributed by atoms with Gasteiger partial charge >= 0.3 is 0 Å². The largest absolute Gasteiger partial charge is 0.265 e. The van der Waals surface area contributed by atoms with E-state index in [1.807, 2.05) is 48.8 Å². The molecule has 0 fully saturated rings. The molecule has 0 saturated carbocycles. The van der Waals surface area contributed by atoms with Crippen molar-refractivity contribution in [2.24, 2.45) is 0 Å². The maximum atomic E-state index is 5.06. The lowest BCUT2D eigenvalue weighted by Gasteiger charge is -2.13. The van der Waals surface area contributed by atoms with Crippen LogP contribution in [0.1, 0.15) is 0 Å². The molecule has 0 radical (unpaired) electrons. The summed E-state index contributed by atoms with van der Waals surface area (Å²) in [4.78, 5) is 19.2. The Morgan fingerprint density at radius 1 is 0.283 bits per heavy atom. The standard InChI is InChI=1S/C42H28N4/c1-3-11-29(12-4-1)32-15-9-17-34(27-32)41-44-40(31-13-5-2-6-14-31)45-42(46-41)35-18-10-16-33(28-35)37-22-21-36(30-23-25-43-26-24-30)38-19-7-8-20-39(37)38/h1-28H. The summed E-state index contributed by atoms with van der Waals surface area (Å²) in [6, 6.07) is 54.4. The Hall–Kier alpha value is -6.26. The summed E-state index contributed by atoms with van der Waals surface area (Å²) >= 11 is 0. The number of nitrogens with zero attached hydrogens (tertiary/aromatic N) is 4. The highest BCUT2D eigenvalue weighted by atomic mass is 15.0. The van der Waals surface area contributed by atoms with Crippen LogP contribution in [0.4, 0.5) is 0 Å².